The van der Waals surface area contributed by atoms with Crippen LogP contribution in [0.5, 0.6) is 5.75 Å². The second-order valence-corrected chi connectivity index (χ2v) is 7.20. The first-order valence-electron chi connectivity index (χ1n) is 10.2. The van der Waals surface area contributed by atoms with Crippen molar-refractivity contribution in [2.45, 2.75) is 6.92 Å². The standard InChI is InChI=1S/C23H22FN3O5/c1-2-32-17-6-4-16(5-7-17)27-22(29)18(21(28)25-23(27)30)13-15-3-8-20(19(24)14-15)26-9-11-31-12-10-26/h3-8,13-14H,2,9-12H2,1H3,(H,25,28,30)/b18-13+. The van der Waals surface area contributed by atoms with Gasteiger partial charge in [-0.1, -0.05) is 6.07 Å². The number of anilines is 2. The Hall–Kier alpha value is -3.72. The number of ether oxygens (including phenoxy) is 2. The third-order valence-electron chi connectivity index (χ3n) is 5.14. The first kappa shape index (κ1) is 21.5. The van der Waals surface area contributed by atoms with Crippen molar-refractivity contribution in [1.82, 2.24) is 5.32 Å². The van der Waals surface area contributed by atoms with Gasteiger partial charge in [0, 0.05) is 13.1 Å². The van der Waals surface area contributed by atoms with E-state index in [1.165, 1.54) is 12.1 Å². The molecule has 1 N–H and O–H groups in total. The predicted octanol–water partition coefficient (Wildman–Crippen LogP) is 2.73. The van der Waals surface area contributed by atoms with Crippen molar-refractivity contribution in [2.24, 2.45) is 0 Å². The number of hydrogen-bond donors (Lipinski definition) is 1. The lowest BCUT2D eigenvalue weighted by molar-refractivity contribution is -0.122. The lowest BCUT2D eigenvalue weighted by atomic mass is 10.1. The van der Waals surface area contributed by atoms with E-state index in [1.807, 2.05) is 11.8 Å². The number of carbonyl (C=O) groups is 3. The molecule has 2 aromatic carbocycles. The zero-order valence-electron chi connectivity index (χ0n) is 17.5. The molecule has 2 aliphatic rings. The van der Waals surface area contributed by atoms with Crippen LogP contribution in [0.15, 0.2) is 48.0 Å². The quantitative estimate of drug-likeness (QED) is 0.569. The van der Waals surface area contributed by atoms with Crippen molar-refractivity contribution in [2.75, 3.05) is 42.7 Å². The zero-order valence-corrected chi connectivity index (χ0v) is 17.5. The van der Waals surface area contributed by atoms with E-state index in [9.17, 15) is 18.8 Å². The maximum absolute atomic E-state index is 14.7. The Morgan fingerprint density at radius 3 is 2.47 bits per heavy atom. The van der Waals surface area contributed by atoms with E-state index in [0.29, 0.717) is 49.9 Å². The van der Waals surface area contributed by atoms with Crippen LogP contribution in [0.2, 0.25) is 0 Å². The molecule has 32 heavy (non-hydrogen) atoms. The molecule has 0 radical (unpaired) electrons. The van der Waals surface area contributed by atoms with Gasteiger partial charge in [0.25, 0.3) is 11.8 Å². The Labute approximate surface area is 184 Å². The van der Waals surface area contributed by atoms with Gasteiger partial charge in [-0.3, -0.25) is 14.9 Å². The van der Waals surface area contributed by atoms with E-state index in [0.717, 1.165) is 4.90 Å². The number of halogens is 1. The summed E-state index contributed by atoms with van der Waals surface area (Å²) in [4.78, 5) is 40.4. The first-order valence-corrected chi connectivity index (χ1v) is 10.2. The molecule has 0 unspecified atom stereocenters. The number of benzene rings is 2. The molecular weight excluding hydrogens is 417 g/mol. The lowest BCUT2D eigenvalue weighted by Crippen LogP contribution is -2.54. The molecule has 2 fully saturated rings. The van der Waals surface area contributed by atoms with Crippen LogP contribution in [-0.4, -0.2) is 50.8 Å². The third kappa shape index (κ3) is 4.33. The smallest absolute Gasteiger partial charge is 0.335 e. The molecule has 0 aliphatic carbocycles. The van der Waals surface area contributed by atoms with E-state index in [1.54, 1.807) is 36.4 Å². The van der Waals surface area contributed by atoms with Gasteiger partial charge in [-0.05, 0) is 55.0 Å². The predicted molar refractivity (Wildman–Crippen MR) is 116 cm³/mol. The molecule has 4 rings (SSSR count). The average Bonchev–Trinajstić information content (AvgIpc) is 2.78. The van der Waals surface area contributed by atoms with Gasteiger partial charge in [-0.25, -0.2) is 14.1 Å². The van der Waals surface area contributed by atoms with Crippen LogP contribution >= 0.6 is 0 Å². The van der Waals surface area contributed by atoms with Crippen LogP contribution in [-0.2, 0) is 14.3 Å². The van der Waals surface area contributed by atoms with Gasteiger partial charge in [-0.15, -0.1) is 0 Å². The van der Waals surface area contributed by atoms with Gasteiger partial charge in [0.2, 0.25) is 0 Å². The molecule has 9 heteroatoms. The summed E-state index contributed by atoms with van der Waals surface area (Å²) in [7, 11) is 0. The number of nitrogens with one attached hydrogen (secondary N) is 1. The number of imide groups is 2. The molecule has 0 bridgehead atoms. The number of nitrogens with zero attached hydrogens (tertiary/aromatic N) is 2. The summed E-state index contributed by atoms with van der Waals surface area (Å²) in [5, 5.41) is 2.16. The summed E-state index contributed by atoms with van der Waals surface area (Å²) in [5.41, 5.74) is 0.778. The molecular formula is C23H22FN3O5. The van der Waals surface area contributed by atoms with Crippen molar-refractivity contribution in [3.8, 4) is 5.75 Å². The van der Waals surface area contributed by atoms with E-state index >= 15 is 0 Å². The third-order valence-corrected chi connectivity index (χ3v) is 5.14. The molecule has 8 nitrogen and oxygen atoms in total. The van der Waals surface area contributed by atoms with Crippen LogP contribution < -0.4 is 19.9 Å². The van der Waals surface area contributed by atoms with Gasteiger partial charge < -0.3 is 14.4 Å². The lowest BCUT2D eigenvalue weighted by Gasteiger charge is -2.29. The van der Waals surface area contributed by atoms with Crippen LogP contribution in [0.3, 0.4) is 0 Å². The monoisotopic (exact) mass is 439 g/mol. The summed E-state index contributed by atoms with van der Waals surface area (Å²) in [5.74, 6) is -1.51. The molecule has 2 heterocycles. The highest BCUT2D eigenvalue weighted by Gasteiger charge is 2.36. The normalized spacial score (nSPS) is 18.2. The van der Waals surface area contributed by atoms with E-state index in [2.05, 4.69) is 5.32 Å². The molecule has 0 spiro atoms. The Kier molecular flexibility index (Phi) is 6.18. The number of urea groups is 1. The number of carbonyl (C=O) groups excluding carboxylic acids is 3. The Morgan fingerprint density at radius 2 is 1.81 bits per heavy atom. The second-order valence-electron chi connectivity index (χ2n) is 7.20. The largest absolute Gasteiger partial charge is 0.494 e. The van der Waals surface area contributed by atoms with Crippen LogP contribution in [0.25, 0.3) is 6.08 Å². The molecule has 4 amide bonds. The topological polar surface area (TPSA) is 88.2 Å². The van der Waals surface area contributed by atoms with Crippen molar-refractivity contribution in [3.63, 3.8) is 0 Å². The maximum Gasteiger partial charge on any atom is 0.335 e. The SMILES string of the molecule is CCOc1ccc(N2C(=O)NC(=O)/C(=C\c3ccc(N4CCOCC4)c(F)c3)C2=O)cc1. The van der Waals surface area contributed by atoms with E-state index < -0.39 is 23.7 Å². The second kappa shape index (κ2) is 9.19. The summed E-state index contributed by atoms with van der Waals surface area (Å²) in [6.07, 6.45) is 1.28. The fraction of sp³-hybridized carbons (Fsp3) is 0.261. The minimum atomic E-state index is -0.852. The van der Waals surface area contributed by atoms with Gasteiger partial charge in [0.05, 0.1) is 31.2 Å². The Morgan fingerprint density at radius 1 is 1.09 bits per heavy atom. The number of rotatable bonds is 5. The Balaban J connectivity index is 1.60. The van der Waals surface area contributed by atoms with Crippen molar-refractivity contribution in [1.29, 1.82) is 0 Å². The maximum atomic E-state index is 14.7. The van der Waals surface area contributed by atoms with Gasteiger partial charge in [-0.2, -0.15) is 0 Å². The van der Waals surface area contributed by atoms with Crippen molar-refractivity contribution >= 4 is 35.3 Å². The Bertz CT molecular complexity index is 1080. The molecule has 2 saturated heterocycles. The minimum Gasteiger partial charge on any atom is -0.494 e. The van der Waals surface area contributed by atoms with Gasteiger partial charge in [0.1, 0.15) is 17.1 Å². The number of barbiturate groups is 1. The van der Waals surface area contributed by atoms with Crippen LogP contribution in [0.1, 0.15) is 12.5 Å². The average molecular weight is 439 g/mol. The molecule has 0 aromatic heterocycles. The molecule has 166 valence electrons. The number of hydrogen-bond acceptors (Lipinski definition) is 6. The van der Waals surface area contributed by atoms with Crippen LogP contribution in [0.4, 0.5) is 20.6 Å². The highest BCUT2D eigenvalue weighted by Crippen LogP contribution is 2.26. The number of morpholine rings is 1. The fourth-order valence-corrected chi connectivity index (χ4v) is 3.59. The van der Waals surface area contributed by atoms with Crippen molar-refractivity contribution < 1.29 is 28.2 Å². The molecule has 0 atom stereocenters. The molecule has 0 saturated carbocycles. The molecule has 2 aromatic rings. The zero-order chi connectivity index (χ0) is 22.7. The highest BCUT2D eigenvalue weighted by atomic mass is 19.1. The van der Waals surface area contributed by atoms with Gasteiger partial charge >= 0.3 is 6.03 Å². The molecule has 2 aliphatic heterocycles. The number of amides is 4. The summed E-state index contributed by atoms with van der Waals surface area (Å²) in [6, 6.07) is 9.98. The summed E-state index contributed by atoms with van der Waals surface area (Å²) < 4.78 is 25.4. The summed E-state index contributed by atoms with van der Waals surface area (Å²) >= 11 is 0. The highest BCUT2D eigenvalue weighted by molar-refractivity contribution is 6.39. The van der Waals surface area contributed by atoms with E-state index in [4.69, 9.17) is 9.47 Å². The van der Waals surface area contributed by atoms with Gasteiger partial charge in [0.15, 0.2) is 0 Å². The van der Waals surface area contributed by atoms with Crippen molar-refractivity contribution in [3.05, 3.63) is 59.4 Å². The summed E-state index contributed by atoms with van der Waals surface area (Å²) in [6.45, 7) is 4.53. The minimum absolute atomic E-state index is 0.267. The van der Waals surface area contributed by atoms with Crippen LogP contribution in [0, 0.1) is 5.82 Å². The van der Waals surface area contributed by atoms with E-state index in [-0.39, 0.29) is 11.3 Å². The fourth-order valence-electron chi connectivity index (χ4n) is 3.59. The first-order chi connectivity index (χ1) is 15.5.